The second kappa shape index (κ2) is 4.82. The first-order valence-corrected chi connectivity index (χ1v) is 4.79. The third-order valence-corrected chi connectivity index (χ3v) is 2.71. The molecule has 0 aromatic rings. The first-order valence-electron chi connectivity index (χ1n) is 4.41. The highest BCUT2D eigenvalue weighted by Gasteiger charge is 2.24. The lowest BCUT2D eigenvalue weighted by atomic mass is 9.81. The Labute approximate surface area is 75.6 Å². The van der Waals surface area contributed by atoms with E-state index in [2.05, 4.69) is 27.4 Å². The molecular formula is C10H19Cl. The first kappa shape index (κ1) is 11.0. The zero-order valence-electron chi connectivity index (χ0n) is 7.91. The molecule has 0 atom stereocenters. The maximum absolute atomic E-state index is 5.95. The van der Waals surface area contributed by atoms with Crippen molar-refractivity contribution in [3.8, 4) is 0 Å². The van der Waals surface area contributed by atoms with E-state index in [1.807, 2.05) is 0 Å². The lowest BCUT2D eigenvalue weighted by Crippen LogP contribution is -2.15. The largest absolute Gasteiger partial charge is 0.0892 e. The van der Waals surface area contributed by atoms with Crippen LogP contribution in [0, 0.1) is 5.41 Å². The molecule has 0 spiro atoms. The van der Waals surface area contributed by atoms with Crippen LogP contribution in [0.15, 0.2) is 11.6 Å². The van der Waals surface area contributed by atoms with Crippen LogP contribution in [0.1, 0.15) is 46.5 Å². The highest BCUT2D eigenvalue weighted by Crippen LogP contribution is 2.37. The Morgan fingerprint density at radius 1 is 1.27 bits per heavy atom. The van der Waals surface area contributed by atoms with Crippen molar-refractivity contribution in [3.05, 3.63) is 11.6 Å². The van der Waals surface area contributed by atoms with Crippen molar-refractivity contribution >= 4 is 11.6 Å². The molecule has 0 heterocycles. The van der Waals surface area contributed by atoms with Crippen molar-refractivity contribution in [2.24, 2.45) is 5.41 Å². The van der Waals surface area contributed by atoms with Crippen LogP contribution in [-0.4, -0.2) is 0 Å². The Kier molecular flexibility index (Phi) is 4.83. The summed E-state index contributed by atoms with van der Waals surface area (Å²) >= 11 is 5.95. The van der Waals surface area contributed by atoms with Crippen LogP contribution in [0.25, 0.3) is 0 Å². The third-order valence-electron chi connectivity index (χ3n) is 2.26. The minimum atomic E-state index is 0.172. The molecule has 11 heavy (non-hydrogen) atoms. The van der Waals surface area contributed by atoms with E-state index in [1.165, 1.54) is 12.8 Å². The van der Waals surface area contributed by atoms with E-state index in [4.69, 9.17) is 11.6 Å². The molecule has 0 aromatic carbocycles. The van der Waals surface area contributed by atoms with E-state index in [0.717, 1.165) is 17.9 Å². The maximum Gasteiger partial charge on any atom is 0.0168 e. The molecule has 0 fully saturated rings. The molecule has 0 radical (unpaired) electrons. The highest BCUT2D eigenvalue weighted by atomic mass is 35.5. The topological polar surface area (TPSA) is 0 Å². The zero-order chi connectivity index (χ0) is 8.91. The van der Waals surface area contributed by atoms with Gasteiger partial charge < -0.3 is 0 Å². The van der Waals surface area contributed by atoms with Gasteiger partial charge in [-0.15, -0.1) is 0 Å². The molecule has 0 nitrogen and oxygen atoms in total. The summed E-state index contributed by atoms with van der Waals surface area (Å²) in [6.45, 7) is 10.4. The average Bonchev–Trinajstić information content (AvgIpc) is 1.88. The van der Waals surface area contributed by atoms with Gasteiger partial charge in [0.15, 0.2) is 0 Å². The smallest absolute Gasteiger partial charge is 0.0168 e. The predicted octanol–water partition coefficient (Wildman–Crippen LogP) is 4.35. The van der Waals surface area contributed by atoms with E-state index >= 15 is 0 Å². The van der Waals surface area contributed by atoms with Crippen LogP contribution in [0.3, 0.4) is 0 Å². The molecule has 0 rings (SSSR count). The van der Waals surface area contributed by atoms with Gasteiger partial charge in [-0.05, 0) is 12.8 Å². The normalized spacial score (nSPS) is 11.6. The molecular weight excluding hydrogens is 156 g/mol. The van der Waals surface area contributed by atoms with Crippen LogP contribution >= 0.6 is 11.6 Å². The standard InChI is InChI=1S/C10H19Cl/c1-5-7-10(4,8-6-2)9(3)11/h3,5-8H2,1-2,4H3. The Morgan fingerprint density at radius 2 is 1.64 bits per heavy atom. The van der Waals surface area contributed by atoms with Gasteiger partial charge in [-0.3, -0.25) is 0 Å². The van der Waals surface area contributed by atoms with Gasteiger partial charge in [0.1, 0.15) is 0 Å². The molecule has 0 aromatic heterocycles. The molecule has 0 unspecified atom stereocenters. The first-order chi connectivity index (χ1) is 5.06. The monoisotopic (exact) mass is 174 g/mol. The van der Waals surface area contributed by atoms with Gasteiger partial charge in [-0.2, -0.15) is 0 Å². The van der Waals surface area contributed by atoms with Crippen LogP contribution < -0.4 is 0 Å². The number of allylic oxidation sites excluding steroid dienone is 1. The van der Waals surface area contributed by atoms with Gasteiger partial charge in [0.25, 0.3) is 0 Å². The molecule has 0 bridgehead atoms. The van der Waals surface area contributed by atoms with Gasteiger partial charge in [0.05, 0.1) is 0 Å². The van der Waals surface area contributed by atoms with E-state index in [9.17, 15) is 0 Å². The lowest BCUT2D eigenvalue weighted by molar-refractivity contribution is 0.345. The van der Waals surface area contributed by atoms with Gasteiger partial charge in [-0.25, -0.2) is 0 Å². The van der Waals surface area contributed by atoms with Crippen molar-refractivity contribution in [2.45, 2.75) is 46.5 Å². The fourth-order valence-electron chi connectivity index (χ4n) is 1.50. The van der Waals surface area contributed by atoms with Gasteiger partial charge >= 0.3 is 0 Å². The summed E-state index contributed by atoms with van der Waals surface area (Å²) in [4.78, 5) is 0. The molecule has 0 aliphatic carbocycles. The average molecular weight is 175 g/mol. The van der Waals surface area contributed by atoms with Crippen molar-refractivity contribution in [1.82, 2.24) is 0 Å². The summed E-state index contributed by atoms with van der Waals surface area (Å²) in [6, 6.07) is 0. The molecule has 66 valence electrons. The van der Waals surface area contributed by atoms with Gasteiger partial charge in [0, 0.05) is 10.4 Å². The van der Waals surface area contributed by atoms with E-state index in [1.54, 1.807) is 0 Å². The summed E-state index contributed by atoms with van der Waals surface area (Å²) in [6.07, 6.45) is 4.68. The van der Waals surface area contributed by atoms with Crippen molar-refractivity contribution in [1.29, 1.82) is 0 Å². The number of hydrogen-bond donors (Lipinski definition) is 0. The zero-order valence-corrected chi connectivity index (χ0v) is 8.67. The van der Waals surface area contributed by atoms with Crippen molar-refractivity contribution in [3.63, 3.8) is 0 Å². The minimum absolute atomic E-state index is 0.172. The molecule has 0 aliphatic heterocycles. The quantitative estimate of drug-likeness (QED) is 0.582. The van der Waals surface area contributed by atoms with Crippen LogP contribution in [-0.2, 0) is 0 Å². The van der Waals surface area contributed by atoms with Gasteiger partial charge in [0.2, 0.25) is 0 Å². The van der Waals surface area contributed by atoms with Crippen LogP contribution in [0.2, 0.25) is 0 Å². The van der Waals surface area contributed by atoms with Crippen molar-refractivity contribution in [2.75, 3.05) is 0 Å². The predicted molar refractivity (Wildman–Crippen MR) is 52.9 cm³/mol. The summed E-state index contributed by atoms with van der Waals surface area (Å²) in [7, 11) is 0. The Morgan fingerprint density at radius 3 is 1.82 bits per heavy atom. The van der Waals surface area contributed by atoms with E-state index < -0.39 is 0 Å². The lowest BCUT2D eigenvalue weighted by Gasteiger charge is -2.27. The van der Waals surface area contributed by atoms with Gasteiger partial charge in [-0.1, -0.05) is 51.8 Å². The molecule has 0 amide bonds. The summed E-state index contributed by atoms with van der Waals surface area (Å²) in [5, 5.41) is 0.821. The van der Waals surface area contributed by atoms with E-state index in [0.29, 0.717) is 0 Å². The second-order valence-corrected chi connectivity index (χ2v) is 3.92. The highest BCUT2D eigenvalue weighted by molar-refractivity contribution is 6.29. The Hall–Kier alpha value is 0.0300. The number of hydrogen-bond acceptors (Lipinski definition) is 0. The SMILES string of the molecule is C=C(Cl)C(C)(CCC)CCC. The second-order valence-electron chi connectivity index (χ2n) is 3.47. The van der Waals surface area contributed by atoms with Crippen LogP contribution in [0.4, 0.5) is 0 Å². The molecule has 0 N–H and O–H groups in total. The Bertz CT molecular complexity index is 121. The fourth-order valence-corrected chi connectivity index (χ4v) is 1.69. The summed E-state index contributed by atoms with van der Waals surface area (Å²) in [5.41, 5.74) is 0.172. The third kappa shape index (κ3) is 3.29. The molecule has 1 heteroatoms. The van der Waals surface area contributed by atoms with E-state index in [-0.39, 0.29) is 5.41 Å². The fraction of sp³-hybridized carbons (Fsp3) is 0.800. The van der Waals surface area contributed by atoms with Crippen LogP contribution in [0.5, 0.6) is 0 Å². The number of halogens is 1. The minimum Gasteiger partial charge on any atom is -0.0892 e. The molecule has 0 aliphatic rings. The molecule has 0 saturated carbocycles. The number of rotatable bonds is 5. The Balaban J connectivity index is 4.13. The van der Waals surface area contributed by atoms with Crippen molar-refractivity contribution < 1.29 is 0 Å². The molecule has 0 saturated heterocycles. The summed E-state index contributed by atoms with van der Waals surface area (Å²) in [5.74, 6) is 0. The maximum atomic E-state index is 5.95. The summed E-state index contributed by atoms with van der Waals surface area (Å²) < 4.78 is 0.